The minimum absolute atomic E-state index is 0.0164. The van der Waals surface area contributed by atoms with Gasteiger partial charge in [0, 0.05) is 72.3 Å². The van der Waals surface area contributed by atoms with Crippen molar-refractivity contribution >= 4 is 22.1 Å². The zero-order valence-electron chi connectivity index (χ0n) is 25.0. The molecule has 1 unspecified atom stereocenters. The number of pyridine rings is 1. The predicted molar refractivity (Wildman–Crippen MR) is 170 cm³/mol. The number of hydrogen-bond acceptors (Lipinski definition) is 11. The third-order valence-electron chi connectivity index (χ3n) is 7.63. The Morgan fingerprint density at radius 2 is 1.36 bits per heavy atom. The zero-order valence-corrected chi connectivity index (χ0v) is 25.0. The highest BCUT2D eigenvalue weighted by molar-refractivity contribution is 5.90. The quantitative estimate of drug-likeness (QED) is 0.171. The third-order valence-corrected chi connectivity index (χ3v) is 7.63. The first-order valence-electron chi connectivity index (χ1n) is 14.7. The van der Waals surface area contributed by atoms with Crippen LogP contribution in [0.25, 0.3) is 44.6 Å². The van der Waals surface area contributed by atoms with Crippen molar-refractivity contribution in [1.82, 2.24) is 54.4 Å². The number of rotatable bonds is 10. The van der Waals surface area contributed by atoms with E-state index in [9.17, 15) is 5.26 Å². The average Bonchev–Trinajstić information content (AvgIpc) is 3.94. The highest BCUT2D eigenvalue weighted by atomic mass is 16.3. The first kappa shape index (κ1) is 30.7. The van der Waals surface area contributed by atoms with Crippen LogP contribution in [0.3, 0.4) is 0 Å². The molecule has 15 heteroatoms. The number of nitrogens with one attached hydrogen (secondary N) is 2. The molecule has 234 valence electrons. The van der Waals surface area contributed by atoms with Gasteiger partial charge in [-0.25, -0.2) is 19.9 Å². The molecule has 0 saturated heterocycles. The molecule has 0 radical (unpaired) electrons. The molecule has 7 rings (SSSR count). The van der Waals surface area contributed by atoms with Crippen molar-refractivity contribution < 1.29 is 10.2 Å². The van der Waals surface area contributed by atoms with Crippen molar-refractivity contribution in [3.05, 3.63) is 91.6 Å². The number of hydrogen-bond donors (Lipinski definition) is 4. The Morgan fingerprint density at radius 1 is 0.766 bits per heavy atom. The fourth-order valence-electron chi connectivity index (χ4n) is 5.35. The number of nitrogens with zero attached hydrogens (tertiary/aromatic N) is 11. The van der Waals surface area contributed by atoms with E-state index >= 15 is 0 Å². The van der Waals surface area contributed by atoms with Gasteiger partial charge in [0.25, 0.3) is 0 Å². The molecule has 0 amide bonds. The van der Waals surface area contributed by atoms with Gasteiger partial charge in [-0.15, -0.1) is 0 Å². The SMILES string of the molecule is N#CCC(c1cncc(C#N)c1)n1cc(-c2ncnc3[nH]ccc23)cn1.OCCC(CCO)n1cc(-c2ncnc3[nH]ccc23)cn1. The summed E-state index contributed by atoms with van der Waals surface area (Å²) in [5, 5.41) is 47.1. The maximum atomic E-state index is 9.22. The molecule has 0 fully saturated rings. The van der Waals surface area contributed by atoms with Gasteiger partial charge in [-0.3, -0.25) is 14.3 Å². The summed E-state index contributed by atoms with van der Waals surface area (Å²) in [5.74, 6) is 0. The molecule has 1 atom stereocenters. The molecule has 15 nitrogen and oxygen atoms in total. The van der Waals surface area contributed by atoms with Crippen LogP contribution >= 0.6 is 0 Å². The largest absolute Gasteiger partial charge is 0.396 e. The Labute approximate surface area is 267 Å². The van der Waals surface area contributed by atoms with Gasteiger partial charge < -0.3 is 20.2 Å². The van der Waals surface area contributed by atoms with E-state index in [2.05, 4.69) is 57.2 Å². The van der Waals surface area contributed by atoms with Crippen molar-refractivity contribution in [2.75, 3.05) is 13.2 Å². The van der Waals surface area contributed by atoms with Crippen LogP contribution in [-0.2, 0) is 0 Å². The molecule has 7 aromatic heterocycles. The van der Waals surface area contributed by atoms with Gasteiger partial charge in [0.1, 0.15) is 30.0 Å². The van der Waals surface area contributed by atoms with E-state index in [4.69, 9.17) is 15.5 Å². The highest BCUT2D eigenvalue weighted by Crippen LogP contribution is 2.28. The predicted octanol–water partition coefficient (Wildman–Crippen LogP) is 3.72. The van der Waals surface area contributed by atoms with Gasteiger partial charge in [-0.2, -0.15) is 20.7 Å². The molecular weight excluding hydrogens is 598 g/mol. The van der Waals surface area contributed by atoms with Gasteiger partial charge in [0.15, 0.2) is 0 Å². The minimum Gasteiger partial charge on any atom is -0.396 e. The standard InChI is InChI=1S/C18H12N8.C14H17N5O2/c19-3-1-16(13-5-12(6-20)7-21-8-13)26-10-14(9-25-26)17-15-2-4-22-18(15)24-11-23-17;20-5-2-11(3-6-21)19-8-10(7-18-19)13-12-1-4-15-14(12)17-9-16-13/h2,4-5,7-11,16H,1H2,(H,22,23,24);1,4,7-9,11,20-21H,2-3,5-6H2,(H,15,16,17). The summed E-state index contributed by atoms with van der Waals surface area (Å²) in [5.41, 5.74) is 6.04. The van der Waals surface area contributed by atoms with Crippen LogP contribution in [0.2, 0.25) is 0 Å². The number of H-pyrrole nitrogens is 2. The fraction of sp³-hybridized carbons (Fsp3) is 0.219. The maximum Gasteiger partial charge on any atom is 0.141 e. The van der Waals surface area contributed by atoms with Crippen LogP contribution in [0, 0.1) is 22.7 Å². The molecule has 0 spiro atoms. The summed E-state index contributed by atoms with van der Waals surface area (Å²) >= 11 is 0. The van der Waals surface area contributed by atoms with E-state index in [1.54, 1.807) is 34.0 Å². The number of aliphatic hydroxyl groups excluding tert-OH is 2. The number of aromatic amines is 2. The van der Waals surface area contributed by atoms with E-state index in [0.29, 0.717) is 18.4 Å². The molecule has 0 bridgehead atoms. The molecule has 47 heavy (non-hydrogen) atoms. The van der Waals surface area contributed by atoms with E-state index in [0.717, 1.165) is 50.1 Å². The van der Waals surface area contributed by atoms with Crippen molar-refractivity contribution in [3.63, 3.8) is 0 Å². The molecule has 7 heterocycles. The van der Waals surface area contributed by atoms with Gasteiger partial charge in [-0.1, -0.05) is 0 Å². The molecule has 4 N–H and O–H groups in total. The Hall–Kier alpha value is -6.29. The van der Waals surface area contributed by atoms with Crippen LogP contribution in [0.1, 0.15) is 42.5 Å². The lowest BCUT2D eigenvalue weighted by atomic mass is 10.1. The first-order chi connectivity index (χ1) is 23.1. The monoisotopic (exact) mass is 627 g/mol. The van der Waals surface area contributed by atoms with E-state index in [1.807, 2.05) is 36.9 Å². The minimum atomic E-state index is -0.335. The summed E-state index contributed by atoms with van der Waals surface area (Å²) in [4.78, 5) is 27.3. The Bertz CT molecular complexity index is 2180. The second-order valence-electron chi connectivity index (χ2n) is 10.5. The van der Waals surface area contributed by atoms with Crippen molar-refractivity contribution in [2.24, 2.45) is 0 Å². The highest BCUT2D eigenvalue weighted by Gasteiger charge is 2.18. The van der Waals surface area contributed by atoms with E-state index in [1.165, 1.54) is 18.9 Å². The summed E-state index contributed by atoms with van der Waals surface area (Å²) in [6.07, 6.45) is 18.3. The number of nitriles is 2. The molecular formula is C32H29N13O2. The number of aliphatic hydroxyl groups is 2. The average molecular weight is 628 g/mol. The lowest BCUT2D eigenvalue weighted by Crippen LogP contribution is -2.12. The van der Waals surface area contributed by atoms with Crippen LogP contribution in [0.5, 0.6) is 0 Å². The Balaban J connectivity index is 0.000000168. The summed E-state index contributed by atoms with van der Waals surface area (Å²) in [7, 11) is 0. The third kappa shape index (κ3) is 6.57. The Morgan fingerprint density at radius 3 is 1.94 bits per heavy atom. The second-order valence-corrected chi connectivity index (χ2v) is 10.5. The molecule has 0 aliphatic rings. The maximum absolute atomic E-state index is 9.22. The molecule has 0 aromatic carbocycles. The van der Waals surface area contributed by atoms with Crippen molar-refractivity contribution in [3.8, 4) is 34.7 Å². The van der Waals surface area contributed by atoms with Crippen LogP contribution in [0.4, 0.5) is 0 Å². The van der Waals surface area contributed by atoms with Gasteiger partial charge in [0.05, 0.1) is 53.9 Å². The molecule has 0 saturated carbocycles. The van der Waals surface area contributed by atoms with Gasteiger partial charge >= 0.3 is 0 Å². The van der Waals surface area contributed by atoms with Crippen LogP contribution < -0.4 is 0 Å². The molecule has 0 aliphatic heterocycles. The van der Waals surface area contributed by atoms with Crippen molar-refractivity contribution in [1.29, 1.82) is 10.5 Å². The van der Waals surface area contributed by atoms with Gasteiger partial charge in [0.2, 0.25) is 0 Å². The topological polar surface area (TPSA) is 220 Å². The number of fused-ring (bicyclic) bond motifs is 2. The molecule has 7 aromatic rings. The molecule has 0 aliphatic carbocycles. The summed E-state index contributed by atoms with van der Waals surface area (Å²) in [6, 6.07) is 9.46. The van der Waals surface area contributed by atoms with Crippen LogP contribution in [0.15, 0.2) is 80.4 Å². The van der Waals surface area contributed by atoms with Crippen LogP contribution in [-0.4, -0.2) is 77.9 Å². The van der Waals surface area contributed by atoms with E-state index in [-0.39, 0.29) is 31.7 Å². The summed E-state index contributed by atoms with van der Waals surface area (Å²) < 4.78 is 3.49. The Kier molecular flexibility index (Phi) is 9.29. The van der Waals surface area contributed by atoms with Gasteiger partial charge in [-0.05, 0) is 36.6 Å². The summed E-state index contributed by atoms with van der Waals surface area (Å²) in [6.45, 7) is 0.130. The first-order valence-corrected chi connectivity index (χ1v) is 14.7. The zero-order chi connectivity index (χ0) is 32.6. The lowest BCUT2D eigenvalue weighted by molar-refractivity contribution is 0.210. The number of aromatic nitrogens is 11. The van der Waals surface area contributed by atoms with E-state index < -0.39 is 0 Å². The normalized spacial score (nSPS) is 11.7. The second kappa shape index (κ2) is 14.2. The smallest absolute Gasteiger partial charge is 0.141 e. The fourth-order valence-corrected chi connectivity index (χ4v) is 5.35. The van der Waals surface area contributed by atoms with Crippen molar-refractivity contribution in [2.45, 2.75) is 31.3 Å². The lowest BCUT2D eigenvalue weighted by Gasteiger charge is -2.14.